The molecule has 28 heavy (non-hydrogen) atoms. The van der Waals surface area contributed by atoms with E-state index in [9.17, 15) is 0 Å². The average molecular weight is 386 g/mol. The van der Waals surface area contributed by atoms with Crippen molar-refractivity contribution in [2.45, 2.75) is 70.6 Å². The van der Waals surface area contributed by atoms with Crippen LogP contribution in [0.2, 0.25) is 0 Å². The third-order valence-electron chi connectivity index (χ3n) is 8.70. The average Bonchev–Trinajstić information content (AvgIpc) is 3.39. The maximum atomic E-state index is 5.25. The van der Waals surface area contributed by atoms with Gasteiger partial charge in [-0.25, -0.2) is 0 Å². The minimum absolute atomic E-state index is 0.920. The first-order valence-electron chi connectivity index (χ1n) is 12.2. The summed E-state index contributed by atoms with van der Waals surface area (Å²) in [6.07, 6.45) is 15.0. The van der Waals surface area contributed by atoms with E-state index in [1.165, 1.54) is 101 Å². The van der Waals surface area contributed by atoms with Crippen LogP contribution in [0.3, 0.4) is 0 Å². The Balaban J connectivity index is 1.33. The van der Waals surface area contributed by atoms with Crippen LogP contribution in [0.5, 0.6) is 0 Å². The Hall–Kier alpha value is -0.600. The van der Waals surface area contributed by atoms with E-state index < -0.39 is 0 Å². The lowest BCUT2D eigenvalue weighted by atomic mass is 9.89. The van der Waals surface area contributed by atoms with Crippen molar-refractivity contribution < 1.29 is 4.74 Å². The Morgan fingerprint density at radius 2 is 1.36 bits per heavy atom. The molecule has 2 nitrogen and oxygen atoms in total. The van der Waals surface area contributed by atoms with Gasteiger partial charge in [0.15, 0.2) is 0 Å². The second-order valence-corrected chi connectivity index (χ2v) is 10.7. The summed E-state index contributed by atoms with van der Waals surface area (Å²) in [7, 11) is 1.82. The van der Waals surface area contributed by atoms with Crippen LogP contribution >= 0.6 is 0 Å². The molecule has 4 aliphatic carbocycles. The monoisotopic (exact) mass is 385 g/mol. The molecule has 0 bridgehead atoms. The van der Waals surface area contributed by atoms with Crippen molar-refractivity contribution in [1.82, 2.24) is 4.90 Å². The number of rotatable bonds is 10. The molecule has 0 saturated heterocycles. The Labute approximate surface area is 173 Å². The molecular formula is C26H43NO. The molecule has 2 heteroatoms. The third-order valence-corrected chi connectivity index (χ3v) is 8.70. The van der Waals surface area contributed by atoms with Crippen molar-refractivity contribution in [3.05, 3.63) is 24.3 Å². The molecule has 4 fully saturated rings. The quantitative estimate of drug-likeness (QED) is 0.333. The zero-order valence-electron chi connectivity index (χ0n) is 18.3. The maximum absolute atomic E-state index is 5.25. The lowest BCUT2D eigenvalue weighted by Gasteiger charge is -2.32. The van der Waals surface area contributed by atoms with Crippen molar-refractivity contribution in [3.8, 4) is 0 Å². The van der Waals surface area contributed by atoms with Gasteiger partial charge in [-0.05, 0) is 113 Å². The van der Waals surface area contributed by atoms with Crippen LogP contribution in [0, 0.1) is 35.5 Å². The zero-order chi connectivity index (χ0) is 19.5. The highest BCUT2D eigenvalue weighted by Crippen LogP contribution is 2.51. The van der Waals surface area contributed by atoms with Crippen molar-refractivity contribution in [1.29, 1.82) is 0 Å². The van der Waals surface area contributed by atoms with Gasteiger partial charge >= 0.3 is 0 Å². The van der Waals surface area contributed by atoms with Gasteiger partial charge in [-0.3, -0.25) is 0 Å². The van der Waals surface area contributed by atoms with Gasteiger partial charge in [0.25, 0.3) is 0 Å². The van der Waals surface area contributed by atoms with Crippen LogP contribution < -0.4 is 0 Å². The molecule has 6 unspecified atom stereocenters. The lowest BCUT2D eigenvalue weighted by Crippen LogP contribution is -2.37. The van der Waals surface area contributed by atoms with Gasteiger partial charge < -0.3 is 9.64 Å². The molecule has 0 spiro atoms. The molecule has 4 rings (SSSR count). The molecule has 0 radical (unpaired) electrons. The second-order valence-electron chi connectivity index (χ2n) is 10.7. The van der Waals surface area contributed by atoms with Gasteiger partial charge in [0.05, 0.1) is 0 Å². The molecule has 0 aromatic heterocycles. The Kier molecular flexibility index (Phi) is 6.99. The molecule has 0 aromatic rings. The molecule has 4 aliphatic rings. The molecule has 0 aromatic carbocycles. The van der Waals surface area contributed by atoms with E-state index in [1.54, 1.807) is 0 Å². The van der Waals surface area contributed by atoms with Gasteiger partial charge in [0.1, 0.15) is 0 Å². The van der Waals surface area contributed by atoms with Crippen molar-refractivity contribution >= 4 is 0 Å². The van der Waals surface area contributed by atoms with E-state index in [0.717, 1.165) is 42.1 Å². The number of hydrogen-bond donors (Lipinski definition) is 0. The predicted octanol–water partition coefficient (Wildman–Crippen LogP) is 6.09. The normalized spacial score (nSPS) is 37.2. The Morgan fingerprint density at radius 3 is 1.89 bits per heavy atom. The van der Waals surface area contributed by atoms with Gasteiger partial charge in [0.2, 0.25) is 0 Å². The van der Waals surface area contributed by atoms with E-state index in [2.05, 4.69) is 18.1 Å². The summed E-state index contributed by atoms with van der Waals surface area (Å²) in [5, 5.41) is 0. The largest absolute Gasteiger partial charge is 0.385 e. The molecule has 6 atom stereocenters. The minimum Gasteiger partial charge on any atom is -0.385 e. The first kappa shape index (κ1) is 20.7. The van der Waals surface area contributed by atoms with Crippen LogP contribution in [0.4, 0.5) is 0 Å². The van der Waals surface area contributed by atoms with Gasteiger partial charge in [-0.15, -0.1) is 0 Å². The summed E-state index contributed by atoms with van der Waals surface area (Å²) in [5.41, 5.74) is 3.07. The number of ether oxygens (including phenoxy) is 1. The number of nitrogens with zero attached hydrogens (tertiary/aromatic N) is 1. The highest BCUT2D eigenvalue weighted by molar-refractivity contribution is 5.11. The fraction of sp³-hybridized carbons (Fsp3) is 0.846. The van der Waals surface area contributed by atoms with Crippen LogP contribution in [0.25, 0.3) is 0 Å². The zero-order valence-corrected chi connectivity index (χ0v) is 18.3. The van der Waals surface area contributed by atoms with E-state index in [-0.39, 0.29) is 0 Å². The molecular weight excluding hydrogens is 342 g/mol. The standard InChI is InChI=1S/C26H43NO/c1-19-13-21-7-9-23(25(21)15-19)17-27(11-5-4-6-12-28-3)18-24-10-8-22-14-20(2)16-26(22)24/h21-26H,1-2,4-18H2,3H3. The van der Waals surface area contributed by atoms with E-state index in [0.29, 0.717) is 0 Å². The molecule has 158 valence electrons. The molecule has 0 amide bonds. The predicted molar refractivity (Wildman–Crippen MR) is 118 cm³/mol. The highest BCUT2D eigenvalue weighted by Gasteiger charge is 2.43. The van der Waals surface area contributed by atoms with Gasteiger partial charge in [0, 0.05) is 26.8 Å². The number of hydrogen-bond acceptors (Lipinski definition) is 2. The SMILES string of the molecule is C=C1CC2CCC(CN(CCCCCOC)CC3CCC4CC(=C)CC43)C2C1. The summed E-state index contributed by atoms with van der Waals surface area (Å²) in [6, 6.07) is 0. The van der Waals surface area contributed by atoms with Crippen LogP contribution in [-0.4, -0.2) is 38.3 Å². The van der Waals surface area contributed by atoms with Crippen LogP contribution in [0.15, 0.2) is 24.3 Å². The van der Waals surface area contributed by atoms with Crippen molar-refractivity contribution in [3.63, 3.8) is 0 Å². The van der Waals surface area contributed by atoms with Crippen molar-refractivity contribution in [2.75, 3.05) is 33.4 Å². The number of unbranched alkanes of at least 4 members (excludes halogenated alkanes) is 2. The van der Waals surface area contributed by atoms with Crippen LogP contribution in [0.1, 0.15) is 70.6 Å². The number of methoxy groups -OCH3 is 1. The minimum atomic E-state index is 0.920. The Morgan fingerprint density at radius 1 is 0.786 bits per heavy atom. The van der Waals surface area contributed by atoms with Crippen molar-refractivity contribution in [2.24, 2.45) is 35.5 Å². The summed E-state index contributed by atoms with van der Waals surface area (Å²) in [6.45, 7) is 13.6. The summed E-state index contributed by atoms with van der Waals surface area (Å²) < 4.78 is 5.25. The smallest absolute Gasteiger partial charge is 0.0462 e. The third kappa shape index (κ3) is 4.75. The summed E-state index contributed by atoms with van der Waals surface area (Å²) in [4.78, 5) is 2.90. The first-order chi connectivity index (χ1) is 13.6. The molecule has 0 N–H and O–H groups in total. The van der Waals surface area contributed by atoms with E-state index >= 15 is 0 Å². The van der Waals surface area contributed by atoms with E-state index in [4.69, 9.17) is 4.74 Å². The fourth-order valence-corrected chi connectivity index (χ4v) is 7.36. The first-order valence-corrected chi connectivity index (χ1v) is 12.2. The van der Waals surface area contributed by atoms with Gasteiger partial charge in [-0.2, -0.15) is 0 Å². The topological polar surface area (TPSA) is 12.5 Å². The highest BCUT2D eigenvalue weighted by atomic mass is 16.5. The summed E-state index contributed by atoms with van der Waals surface area (Å²) >= 11 is 0. The molecule has 4 saturated carbocycles. The number of allylic oxidation sites excluding steroid dienone is 2. The summed E-state index contributed by atoms with van der Waals surface area (Å²) in [5.74, 6) is 5.69. The van der Waals surface area contributed by atoms with E-state index in [1.807, 2.05) is 7.11 Å². The fourth-order valence-electron chi connectivity index (χ4n) is 7.36. The molecule has 0 aliphatic heterocycles. The van der Waals surface area contributed by atoms with Crippen LogP contribution in [-0.2, 0) is 4.74 Å². The second kappa shape index (κ2) is 9.47. The Bertz CT molecular complexity index is 513. The maximum Gasteiger partial charge on any atom is 0.0462 e. The lowest BCUT2D eigenvalue weighted by molar-refractivity contribution is 0.152. The van der Waals surface area contributed by atoms with Gasteiger partial charge in [-0.1, -0.05) is 24.3 Å². The number of fused-ring (bicyclic) bond motifs is 2. The molecule has 0 heterocycles.